The smallest absolute Gasteiger partial charge is 0.271 e. The van der Waals surface area contributed by atoms with Crippen molar-refractivity contribution < 1.29 is 14.5 Å². The number of nitrogens with zero attached hydrogens (tertiary/aromatic N) is 2. The second kappa shape index (κ2) is 4.52. The Balaban J connectivity index is 3.20. The Kier molecular flexibility index (Phi) is 3.34. The van der Waals surface area contributed by atoms with E-state index in [1.165, 1.54) is 38.1 Å². The van der Waals surface area contributed by atoms with Gasteiger partial charge >= 0.3 is 0 Å². The lowest BCUT2D eigenvalue weighted by Gasteiger charge is -2.16. The molecule has 0 heterocycles. The highest BCUT2D eigenvalue weighted by Crippen LogP contribution is 2.21. The van der Waals surface area contributed by atoms with Crippen molar-refractivity contribution in [1.29, 1.82) is 0 Å². The van der Waals surface area contributed by atoms with Crippen LogP contribution in [0, 0.1) is 10.1 Å². The van der Waals surface area contributed by atoms with Crippen LogP contribution in [0.1, 0.15) is 13.8 Å². The number of rotatable bonds is 2. The molecular weight excluding hydrogens is 212 g/mol. The van der Waals surface area contributed by atoms with Crippen LogP contribution in [-0.2, 0) is 9.59 Å². The van der Waals surface area contributed by atoms with Gasteiger partial charge in [-0.2, -0.15) is 0 Å². The third-order valence-electron chi connectivity index (χ3n) is 1.93. The van der Waals surface area contributed by atoms with Crippen LogP contribution in [0.2, 0.25) is 0 Å². The topological polar surface area (TPSA) is 80.5 Å². The lowest BCUT2D eigenvalue weighted by molar-refractivity contribution is -0.384. The first-order chi connectivity index (χ1) is 7.43. The zero-order chi connectivity index (χ0) is 12.3. The Hall–Kier alpha value is -2.24. The summed E-state index contributed by atoms with van der Waals surface area (Å²) in [4.78, 5) is 33.2. The van der Waals surface area contributed by atoms with Gasteiger partial charge in [0.2, 0.25) is 11.8 Å². The first-order valence-corrected chi connectivity index (χ1v) is 4.49. The van der Waals surface area contributed by atoms with Crippen molar-refractivity contribution >= 4 is 23.2 Å². The number of nitro groups is 1. The molecule has 1 aromatic carbocycles. The van der Waals surface area contributed by atoms with Gasteiger partial charge < -0.3 is 0 Å². The Labute approximate surface area is 91.6 Å². The monoisotopic (exact) mass is 222 g/mol. The molecule has 0 aromatic heterocycles. The number of nitro benzene ring substituents is 1. The summed E-state index contributed by atoms with van der Waals surface area (Å²) in [5.74, 6) is -0.957. The summed E-state index contributed by atoms with van der Waals surface area (Å²) in [5.41, 5.74) is 0.0409. The van der Waals surface area contributed by atoms with Gasteiger partial charge in [0, 0.05) is 26.0 Å². The third kappa shape index (κ3) is 2.41. The molecule has 1 aromatic rings. The SMILES string of the molecule is CC(=O)N(C(C)=O)c1cccc([N+](=O)[O-])c1. The average molecular weight is 222 g/mol. The fourth-order valence-electron chi connectivity index (χ4n) is 1.33. The highest BCUT2D eigenvalue weighted by atomic mass is 16.6. The molecule has 0 saturated heterocycles. The third-order valence-corrected chi connectivity index (χ3v) is 1.93. The molecule has 0 spiro atoms. The highest BCUT2D eigenvalue weighted by Gasteiger charge is 2.18. The molecule has 0 radical (unpaired) electrons. The normalized spacial score (nSPS) is 9.62. The van der Waals surface area contributed by atoms with Crippen molar-refractivity contribution in [2.45, 2.75) is 13.8 Å². The van der Waals surface area contributed by atoms with Gasteiger partial charge in [0.1, 0.15) is 0 Å². The molecule has 0 bridgehead atoms. The summed E-state index contributed by atoms with van der Waals surface area (Å²) in [6.45, 7) is 2.44. The summed E-state index contributed by atoms with van der Waals surface area (Å²) in [6, 6.07) is 5.37. The van der Waals surface area contributed by atoms with Gasteiger partial charge in [0.15, 0.2) is 0 Å². The van der Waals surface area contributed by atoms with Crippen LogP contribution in [0.3, 0.4) is 0 Å². The number of carbonyl (C=O) groups excluding carboxylic acids is 2. The molecule has 0 aliphatic carbocycles. The zero-order valence-electron chi connectivity index (χ0n) is 8.84. The second-order valence-corrected chi connectivity index (χ2v) is 3.15. The predicted octanol–water partition coefficient (Wildman–Crippen LogP) is 1.49. The lowest BCUT2D eigenvalue weighted by atomic mass is 10.2. The first kappa shape index (κ1) is 11.8. The molecule has 0 aliphatic rings. The Morgan fingerprint density at radius 3 is 2.25 bits per heavy atom. The van der Waals surface area contributed by atoms with Crippen LogP contribution in [0.4, 0.5) is 11.4 Å². The molecule has 0 atom stereocenters. The van der Waals surface area contributed by atoms with E-state index >= 15 is 0 Å². The Morgan fingerprint density at radius 2 is 1.81 bits per heavy atom. The number of imide groups is 1. The molecule has 16 heavy (non-hydrogen) atoms. The number of hydrogen-bond acceptors (Lipinski definition) is 4. The zero-order valence-corrected chi connectivity index (χ0v) is 8.84. The molecule has 1 rings (SSSR count). The minimum absolute atomic E-state index is 0.162. The number of non-ortho nitro benzene ring substituents is 1. The number of anilines is 1. The molecule has 0 aliphatic heterocycles. The summed E-state index contributed by atoms with van der Waals surface area (Å²) >= 11 is 0. The molecular formula is C10H10N2O4. The van der Waals surface area contributed by atoms with E-state index in [9.17, 15) is 19.7 Å². The number of hydrogen-bond donors (Lipinski definition) is 0. The van der Waals surface area contributed by atoms with Gasteiger partial charge in [-0.15, -0.1) is 0 Å². The van der Waals surface area contributed by atoms with Gasteiger partial charge in [-0.1, -0.05) is 6.07 Å². The van der Waals surface area contributed by atoms with Gasteiger partial charge in [0.25, 0.3) is 5.69 Å². The van der Waals surface area contributed by atoms with Crippen molar-refractivity contribution in [3.05, 3.63) is 34.4 Å². The first-order valence-electron chi connectivity index (χ1n) is 4.49. The van der Waals surface area contributed by atoms with Crippen molar-refractivity contribution in [2.75, 3.05) is 4.90 Å². The van der Waals surface area contributed by atoms with E-state index in [1.807, 2.05) is 0 Å². The largest absolute Gasteiger partial charge is 0.274 e. The number of carbonyl (C=O) groups is 2. The fraction of sp³-hybridized carbons (Fsp3) is 0.200. The molecule has 6 heteroatoms. The van der Waals surface area contributed by atoms with E-state index in [4.69, 9.17) is 0 Å². The van der Waals surface area contributed by atoms with Crippen LogP contribution in [0.15, 0.2) is 24.3 Å². The highest BCUT2D eigenvalue weighted by molar-refractivity contribution is 6.13. The van der Waals surface area contributed by atoms with Crippen LogP contribution < -0.4 is 4.90 Å². The number of amides is 2. The van der Waals surface area contributed by atoms with Crippen LogP contribution in [-0.4, -0.2) is 16.7 Å². The molecule has 2 amide bonds. The Bertz CT molecular complexity index is 442. The molecule has 0 saturated carbocycles. The molecule has 0 unspecified atom stereocenters. The van der Waals surface area contributed by atoms with Crippen LogP contribution >= 0.6 is 0 Å². The quantitative estimate of drug-likeness (QED) is 0.560. The molecule has 6 nitrogen and oxygen atoms in total. The van der Waals surface area contributed by atoms with Gasteiger partial charge in [0.05, 0.1) is 10.6 Å². The Morgan fingerprint density at radius 1 is 1.25 bits per heavy atom. The minimum Gasteiger partial charge on any atom is -0.274 e. The van der Waals surface area contributed by atoms with Crippen LogP contribution in [0.25, 0.3) is 0 Å². The standard InChI is InChI=1S/C10H10N2O4/c1-7(13)11(8(2)14)9-4-3-5-10(6-9)12(15)16/h3-6H,1-2H3. The molecule has 84 valence electrons. The maximum atomic E-state index is 11.2. The maximum absolute atomic E-state index is 11.2. The second-order valence-electron chi connectivity index (χ2n) is 3.15. The van der Waals surface area contributed by atoms with E-state index in [2.05, 4.69) is 0 Å². The lowest BCUT2D eigenvalue weighted by Crippen LogP contribution is -2.32. The fourth-order valence-corrected chi connectivity index (χ4v) is 1.33. The van der Waals surface area contributed by atoms with Crippen molar-refractivity contribution in [1.82, 2.24) is 0 Å². The van der Waals surface area contributed by atoms with Crippen LogP contribution in [0.5, 0.6) is 0 Å². The summed E-state index contributed by atoms with van der Waals surface area (Å²) in [5, 5.41) is 10.5. The van der Waals surface area contributed by atoms with Crippen molar-refractivity contribution in [2.24, 2.45) is 0 Å². The summed E-state index contributed by atoms with van der Waals surface area (Å²) in [7, 11) is 0. The van der Waals surface area contributed by atoms with E-state index in [0.29, 0.717) is 0 Å². The van der Waals surface area contributed by atoms with E-state index in [-0.39, 0.29) is 11.4 Å². The number of benzene rings is 1. The average Bonchev–Trinajstić information content (AvgIpc) is 2.16. The summed E-state index contributed by atoms with van der Waals surface area (Å²) in [6.07, 6.45) is 0. The maximum Gasteiger partial charge on any atom is 0.271 e. The summed E-state index contributed by atoms with van der Waals surface area (Å²) < 4.78 is 0. The van der Waals surface area contributed by atoms with Crippen molar-refractivity contribution in [3.63, 3.8) is 0 Å². The van der Waals surface area contributed by atoms with Gasteiger partial charge in [-0.05, 0) is 6.07 Å². The van der Waals surface area contributed by atoms with E-state index in [0.717, 1.165) is 4.90 Å². The minimum atomic E-state index is -0.581. The van der Waals surface area contributed by atoms with Crippen molar-refractivity contribution in [3.8, 4) is 0 Å². The van der Waals surface area contributed by atoms with Gasteiger partial charge in [-0.25, -0.2) is 0 Å². The molecule has 0 fully saturated rings. The van der Waals surface area contributed by atoms with E-state index in [1.54, 1.807) is 0 Å². The van der Waals surface area contributed by atoms with E-state index < -0.39 is 16.7 Å². The van der Waals surface area contributed by atoms with Gasteiger partial charge in [-0.3, -0.25) is 24.6 Å². The predicted molar refractivity (Wildman–Crippen MR) is 56.9 cm³/mol. The molecule has 0 N–H and O–H groups in total.